The molecule has 1 rings (SSSR count). The zero-order valence-corrected chi connectivity index (χ0v) is 16.3. The number of hydrogen-bond donors (Lipinski definition) is 5. The molecule has 0 aliphatic heterocycles. The standard InChI is InChI=1S/C14H23NO2.2C2H7NO/c1-10-6-12(15(17)13(16)8-10)7-11(2)9-14(3,4)5;2*3-1-2-4/h6,8,11,17H,7,9H2,1-5H3;2*4H,1-3H2. The Morgan fingerprint density at radius 3 is 1.92 bits per heavy atom. The molecule has 1 heterocycles. The number of aliphatic hydroxyl groups excluding tert-OH is 2. The second-order valence-corrected chi connectivity index (χ2v) is 7.27. The van der Waals surface area contributed by atoms with Crippen LogP contribution in [0.5, 0.6) is 0 Å². The molecule has 1 aromatic heterocycles. The number of aryl methyl sites for hydroxylation is 1. The van der Waals surface area contributed by atoms with Gasteiger partial charge in [-0.05, 0) is 42.7 Å². The van der Waals surface area contributed by atoms with Crippen molar-refractivity contribution in [2.24, 2.45) is 22.8 Å². The first-order valence-corrected chi connectivity index (χ1v) is 8.56. The normalized spacial score (nSPS) is 11.7. The Morgan fingerprint density at radius 2 is 1.56 bits per heavy atom. The van der Waals surface area contributed by atoms with E-state index in [2.05, 4.69) is 27.7 Å². The van der Waals surface area contributed by atoms with Gasteiger partial charge in [0.05, 0.1) is 18.9 Å². The molecule has 0 aliphatic rings. The maximum Gasteiger partial charge on any atom is 0.283 e. The lowest BCUT2D eigenvalue weighted by atomic mass is 9.83. The van der Waals surface area contributed by atoms with Gasteiger partial charge in [0.2, 0.25) is 0 Å². The molecule has 7 nitrogen and oxygen atoms in total. The van der Waals surface area contributed by atoms with Gasteiger partial charge in [-0.25, -0.2) is 0 Å². The summed E-state index contributed by atoms with van der Waals surface area (Å²) < 4.78 is 0.770. The second kappa shape index (κ2) is 13.8. The van der Waals surface area contributed by atoms with Gasteiger partial charge in [-0.15, -0.1) is 0 Å². The van der Waals surface area contributed by atoms with Crippen LogP contribution in [0.15, 0.2) is 16.9 Å². The van der Waals surface area contributed by atoms with E-state index in [4.69, 9.17) is 21.7 Å². The number of aliphatic hydroxyl groups is 2. The van der Waals surface area contributed by atoms with E-state index < -0.39 is 0 Å². The quantitative estimate of drug-likeness (QED) is 0.495. The first-order chi connectivity index (χ1) is 11.5. The van der Waals surface area contributed by atoms with Crippen LogP contribution in [-0.4, -0.2) is 46.5 Å². The van der Waals surface area contributed by atoms with Crippen molar-refractivity contribution in [3.05, 3.63) is 33.7 Å². The molecule has 0 amide bonds. The van der Waals surface area contributed by atoms with E-state index in [1.54, 1.807) is 0 Å². The molecule has 0 radical (unpaired) electrons. The highest BCUT2D eigenvalue weighted by Crippen LogP contribution is 2.26. The molecular weight excluding hydrogens is 322 g/mol. The maximum atomic E-state index is 11.4. The van der Waals surface area contributed by atoms with E-state index in [-0.39, 0.29) is 24.2 Å². The molecule has 1 aromatic rings. The van der Waals surface area contributed by atoms with Crippen LogP contribution in [0.3, 0.4) is 0 Å². The Bertz CT molecular complexity index is 502. The third-order valence-corrected chi connectivity index (χ3v) is 3.00. The summed E-state index contributed by atoms with van der Waals surface area (Å²) in [5, 5.41) is 25.2. The van der Waals surface area contributed by atoms with Crippen molar-refractivity contribution in [2.75, 3.05) is 26.3 Å². The molecule has 0 aliphatic carbocycles. The third kappa shape index (κ3) is 14.6. The molecule has 7 N–H and O–H groups in total. The van der Waals surface area contributed by atoms with Crippen molar-refractivity contribution in [3.63, 3.8) is 0 Å². The average molecular weight is 360 g/mol. The van der Waals surface area contributed by atoms with Crippen LogP contribution in [0, 0.1) is 18.3 Å². The number of aromatic nitrogens is 1. The molecule has 7 heteroatoms. The summed E-state index contributed by atoms with van der Waals surface area (Å²) in [6, 6.07) is 3.32. The van der Waals surface area contributed by atoms with Gasteiger partial charge in [0.25, 0.3) is 5.56 Å². The van der Waals surface area contributed by atoms with E-state index in [1.165, 1.54) is 6.07 Å². The van der Waals surface area contributed by atoms with Crippen molar-refractivity contribution in [2.45, 2.75) is 47.5 Å². The SMILES string of the molecule is Cc1cc(CC(C)CC(C)(C)C)n(O)c(=O)c1.NCCO.NCCO. The van der Waals surface area contributed by atoms with Gasteiger partial charge in [-0.1, -0.05) is 27.7 Å². The van der Waals surface area contributed by atoms with Crippen molar-refractivity contribution in [1.82, 2.24) is 4.73 Å². The summed E-state index contributed by atoms with van der Waals surface area (Å²) in [6.45, 7) is 11.6. The predicted molar refractivity (Wildman–Crippen MR) is 102 cm³/mol. The molecule has 0 saturated carbocycles. The fourth-order valence-corrected chi connectivity index (χ4v) is 2.38. The van der Waals surface area contributed by atoms with Gasteiger partial charge in [0.15, 0.2) is 0 Å². The lowest BCUT2D eigenvalue weighted by molar-refractivity contribution is 0.160. The van der Waals surface area contributed by atoms with Crippen molar-refractivity contribution >= 4 is 0 Å². The van der Waals surface area contributed by atoms with Crippen molar-refractivity contribution in [3.8, 4) is 0 Å². The molecule has 148 valence electrons. The minimum atomic E-state index is -0.344. The topological polar surface area (TPSA) is 135 Å². The molecule has 0 spiro atoms. The van der Waals surface area contributed by atoms with Crippen LogP contribution >= 0.6 is 0 Å². The summed E-state index contributed by atoms with van der Waals surface area (Å²) in [7, 11) is 0. The zero-order valence-electron chi connectivity index (χ0n) is 16.3. The monoisotopic (exact) mass is 359 g/mol. The summed E-state index contributed by atoms with van der Waals surface area (Å²) in [5.74, 6) is 0.439. The molecule has 0 fully saturated rings. The maximum absolute atomic E-state index is 11.4. The van der Waals surface area contributed by atoms with E-state index >= 15 is 0 Å². The number of hydrogen-bond acceptors (Lipinski definition) is 6. The summed E-state index contributed by atoms with van der Waals surface area (Å²) in [6.07, 6.45) is 1.79. The third-order valence-electron chi connectivity index (χ3n) is 3.00. The highest BCUT2D eigenvalue weighted by molar-refractivity contribution is 5.15. The molecule has 1 unspecified atom stereocenters. The number of nitrogens with zero attached hydrogens (tertiary/aromatic N) is 1. The predicted octanol–water partition coefficient (Wildman–Crippen LogP) is 0.884. The van der Waals surface area contributed by atoms with Gasteiger partial charge < -0.3 is 26.9 Å². The van der Waals surface area contributed by atoms with Crippen molar-refractivity contribution in [1.29, 1.82) is 0 Å². The van der Waals surface area contributed by atoms with Gasteiger partial charge in [-0.2, -0.15) is 4.73 Å². The number of pyridine rings is 1. The van der Waals surface area contributed by atoms with Gasteiger partial charge >= 0.3 is 0 Å². The van der Waals surface area contributed by atoms with Crippen LogP contribution in [0.25, 0.3) is 0 Å². The van der Waals surface area contributed by atoms with Crippen molar-refractivity contribution < 1.29 is 15.4 Å². The second-order valence-electron chi connectivity index (χ2n) is 7.27. The average Bonchev–Trinajstić information content (AvgIpc) is 2.50. The highest BCUT2D eigenvalue weighted by atomic mass is 16.5. The van der Waals surface area contributed by atoms with Crippen LogP contribution in [-0.2, 0) is 6.42 Å². The fourth-order valence-electron chi connectivity index (χ4n) is 2.38. The molecule has 0 saturated heterocycles. The number of nitrogens with two attached hydrogens (primary N) is 2. The van der Waals surface area contributed by atoms with E-state index in [9.17, 15) is 10.0 Å². The van der Waals surface area contributed by atoms with E-state index in [0.29, 0.717) is 24.7 Å². The fraction of sp³-hybridized carbons (Fsp3) is 0.722. The smallest absolute Gasteiger partial charge is 0.283 e. The molecule has 25 heavy (non-hydrogen) atoms. The first-order valence-electron chi connectivity index (χ1n) is 8.56. The lowest BCUT2D eigenvalue weighted by Crippen LogP contribution is -2.23. The summed E-state index contributed by atoms with van der Waals surface area (Å²) >= 11 is 0. The first kappa shape index (κ1) is 25.8. The Morgan fingerprint density at radius 1 is 1.12 bits per heavy atom. The molecule has 1 atom stereocenters. The van der Waals surface area contributed by atoms with Gasteiger partial charge in [-0.3, -0.25) is 4.79 Å². The minimum absolute atomic E-state index is 0.0972. The van der Waals surface area contributed by atoms with Gasteiger partial charge in [0.1, 0.15) is 0 Å². The summed E-state index contributed by atoms with van der Waals surface area (Å²) in [5.41, 5.74) is 11.1. The number of rotatable bonds is 5. The molecule has 0 bridgehead atoms. The summed E-state index contributed by atoms with van der Waals surface area (Å²) in [4.78, 5) is 11.4. The molecule has 0 aromatic carbocycles. The molecular formula is C18H37N3O4. The Balaban J connectivity index is 0. The van der Waals surface area contributed by atoms with Crippen LogP contribution in [0.4, 0.5) is 0 Å². The largest absolute Gasteiger partial charge is 0.425 e. The Kier molecular flexibility index (Phi) is 14.3. The zero-order chi connectivity index (χ0) is 20.0. The Labute approximate surface area is 151 Å². The van der Waals surface area contributed by atoms with Crippen LogP contribution in [0.2, 0.25) is 0 Å². The van der Waals surface area contributed by atoms with Crippen LogP contribution < -0.4 is 17.0 Å². The Hall–Kier alpha value is -1.41. The minimum Gasteiger partial charge on any atom is -0.425 e. The lowest BCUT2D eigenvalue weighted by Gasteiger charge is -2.23. The van der Waals surface area contributed by atoms with E-state index in [1.807, 2.05) is 13.0 Å². The van der Waals surface area contributed by atoms with Gasteiger partial charge in [0, 0.05) is 19.2 Å². The highest BCUT2D eigenvalue weighted by Gasteiger charge is 2.17. The van der Waals surface area contributed by atoms with E-state index in [0.717, 1.165) is 23.1 Å². The van der Waals surface area contributed by atoms with Crippen LogP contribution in [0.1, 0.15) is 45.4 Å².